The number of benzene rings is 1. The van der Waals surface area contributed by atoms with Gasteiger partial charge in [-0.1, -0.05) is 6.92 Å². The molecule has 0 bridgehead atoms. The highest BCUT2D eigenvalue weighted by atomic mass is 16.1. The lowest BCUT2D eigenvalue weighted by Gasteiger charge is -2.10. The topological polar surface area (TPSA) is 72.9 Å². The number of aromatic nitrogens is 2. The molecule has 5 heteroatoms. The molecule has 2 aromatic rings. The summed E-state index contributed by atoms with van der Waals surface area (Å²) >= 11 is 0. The molecule has 0 aliphatic rings. The highest BCUT2D eigenvalue weighted by molar-refractivity contribution is 5.94. The third-order valence-corrected chi connectivity index (χ3v) is 3.12. The molecule has 0 aliphatic carbocycles. The predicted molar refractivity (Wildman–Crippen MR) is 78.9 cm³/mol. The van der Waals surface area contributed by atoms with Crippen LogP contribution in [0.25, 0.3) is 5.69 Å². The summed E-state index contributed by atoms with van der Waals surface area (Å²) in [6, 6.07) is 7.37. The van der Waals surface area contributed by atoms with Crippen molar-refractivity contribution in [2.45, 2.75) is 13.8 Å². The van der Waals surface area contributed by atoms with Gasteiger partial charge in [-0.15, -0.1) is 0 Å². The lowest BCUT2D eigenvalue weighted by atomic mass is 10.1. The third-order valence-electron chi connectivity index (χ3n) is 3.12. The van der Waals surface area contributed by atoms with Crippen LogP contribution in [0.15, 0.2) is 36.7 Å². The van der Waals surface area contributed by atoms with Gasteiger partial charge in [-0.3, -0.25) is 4.79 Å². The van der Waals surface area contributed by atoms with Gasteiger partial charge in [-0.05, 0) is 49.2 Å². The number of carbonyl (C=O) groups excluding carboxylic acids is 1. The largest absolute Gasteiger partial charge is 0.352 e. The fourth-order valence-corrected chi connectivity index (χ4v) is 1.77. The zero-order valence-corrected chi connectivity index (χ0v) is 11.8. The molecule has 20 heavy (non-hydrogen) atoms. The minimum atomic E-state index is -0.0755. The predicted octanol–water partition coefficient (Wildman–Crippen LogP) is 1.51. The van der Waals surface area contributed by atoms with Crippen molar-refractivity contribution < 1.29 is 4.79 Å². The second-order valence-corrected chi connectivity index (χ2v) is 5.06. The van der Waals surface area contributed by atoms with E-state index in [2.05, 4.69) is 10.4 Å². The van der Waals surface area contributed by atoms with E-state index in [1.165, 1.54) is 0 Å². The first-order valence-corrected chi connectivity index (χ1v) is 6.70. The summed E-state index contributed by atoms with van der Waals surface area (Å²) in [5, 5.41) is 7.10. The number of hydrogen-bond acceptors (Lipinski definition) is 3. The van der Waals surface area contributed by atoms with Crippen LogP contribution in [0.3, 0.4) is 0 Å². The molecular weight excluding hydrogens is 252 g/mol. The number of rotatable bonds is 5. The van der Waals surface area contributed by atoms with E-state index in [0.29, 0.717) is 18.7 Å². The Kier molecular flexibility index (Phi) is 4.53. The lowest BCUT2D eigenvalue weighted by Crippen LogP contribution is -2.31. The van der Waals surface area contributed by atoms with Crippen LogP contribution in [-0.4, -0.2) is 28.8 Å². The quantitative estimate of drug-likeness (QED) is 0.866. The Labute approximate surface area is 118 Å². The Hall–Kier alpha value is -2.14. The van der Waals surface area contributed by atoms with Crippen LogP contribution in [-0.2, 0) is 0 Å². The van der Waals surface area contributed by atoms with Crippen LogP contribution in [0.2, 0.25) is 0 Å². The van der Waals surface area contributed by atoms with Crippen molar-refractivity contribution in [3.05, 3.63) is 47.8 Å². The van der Waals surface area contributed by atoms with Crippen LogP contribution in [0.5, 0.6) is 0 Å². The molecule has 0 radical (unpaired) electrons. The summed E-state index contributed by atoms with van der Waals surface area (Å²) in [6.07, 6.45) is 3.74. The van der Waals surface area contributed by atoms with Crippen LogP contribution >= 0.6 is 0 Å². The van der Waals surface area contributed by atoms with Crippen molar-refractivity contribution in [2.75, 3.05) is 13.1 Å². The summed E-state index contributed by atoms with van der Waals surface area (Å²) in [6.45, 7) is 5.15. The van der Waals surface area contributed by atoms with Crippen molar-refractivity contribution in [1.29, 1.82) is 0 Å². The van der Waals surface area contributed by atoms with Crippen molar-refractivity contribution >= 4 is 5.91 Å². The van der Waals surface area contributed by atoms with Gasteiger partial charge in [0, 0.05) is 18.3 Å². The summed E-state index contributed by atoms with van der Waals surface area (Å²) in [5.74, 6) is 0.207. The van der Waals surface area contributed by atoms with Crippen LogP contribution in [0.1, 0.15) is 22.8 Å². The molecule has 1 atom stereocenters. The van der Waals surface area contributed by atoms with Gasteiger partial charge in [0.05, 0.1) is 11.9 Å². The fraction of sp³-hybridized carbons (Fsp3) is 0.333. The van der Waals surface area contributed by atoms with Crippen molar-refractivity contribution in [3.63, 3.8) is 0 Å². The van der Waals surface area contributed by atoms with Gasteiger partial charge in [0.25, 0.3) is 5.91 Å². The lowest BCUT2D eigenvalue weighted by molar-refractivity contribution is 0.0948. The van der Waals surface area contributed by atoms with E-state index in [9.17, 15) is 4.79 Å². The molecule has 1 aromatic carbocycles. The molecule has 106 valence electrons. The number of nitrogens with two attached hydrogens (primary N) is 1. The summed E-state index contributed by atoms with van der Waals surface area (Å²) in [5.41, 5.74) is 8.20. The maximum Gasteiger partial charge on any atom is 0.251 e. The molecule has 1 amide bonds. The average molecular weight is 272 g/mol. The zero-order valence-electron chi connectivity index (χ0n) is 11.8. The van der Waals surface area contributed by atoms with Crippen molar-refractivity contribution in [3.8, 4) is 5.69 Å². The van der Waals surface area contributed by atoms with E-state index in [4.69, 9.17) is 5.73 Å². The molecule has 3 N–H and O–H groups in total. The van der Waals surface area contributed by atoms with Crippen molar-refractivity contribution in [2.24, 2.45) is 11.7 Å². The summed E-state index contributed by atoms with van der Waals surface area (Å²) < 4.78 is 1.79. The molecule has 1 aromatic heterocycles. The SMILES string of the molecule is Cc1cnn(-c2ccc(C(=O)NCC(C)CN)cc2)c1. The van der Waals surface area contributed by atoms with E-state index < -0.39 is 0 Å². The summed E-state index contributed by atoms with van der Waals surface area (Å²) in [7, 11) is 0. The molecular formula is C15H20N4O. The third kappa shape index (κ3) is 3.45. The molecule has 1 heterocycles. The number of amides is 1. The van der Waals surface area contributed by atoms with E-state index in [1.807, 2.05) is 32.2 Å². The molecule has 0 aliphatic heterocycles. The normalized spacial score (nSPS) is 12.2. The molecule has 2 rings (SSSR count). The maximum absolute atomic E-state index is 11.9. The summed E-state index contributed by atoms with van der Waals surface area (Å²) in [4.78, 5) is 11.9. The number of nitrogens with zero attached hydrogens (tertiary/aromatic N) is 2. The van der Waals surface area contributed by atoms with Gasteiger partial charge in [-0.25, -0.2) is 4.68 Å². The Balaban J connectivity index is 2.02. The van der Waals surface area contributed by atoms with Gasteiger partial charge >= 0.3 is 0 Å². The first-order valence-electron chi connectivity index (χ1n) is 6.70. The minimum Gasteiger partial charge on any atom is -0.352 e. The van der Waals surface area contributed by atoms with Gasteiger partial charge in [0.1, 0.15) is 0 Å². The second-order valence-electron chi connectivity index (χ2n) is 5.06. The molecule has 0 fully saturated rings. The highest BCUT2D eigenvalue weighted by Crippen LogP contribution is 2.10. The Morgan fingerprint density at radius 3 is 2.65 bits per heavy atom. The van der Waals surface area contributed by atoms with Gasteiger partial charge in [0.15, 0.2) is 0 Å². The Morgan fingerprint density at radius 1 is 1.40 bits per heavy atom. The molecule has 0 saturated carbocycles. The monoisotopic (exact) mass is 272 g/mol. The molecule has 5 nitrogen and oxygen atoms in total. The van der Waals surface area contributed by atoms with Gasteiger partial charge < -0.3 is 11.1 Å². The fourth-order valence-electron chi connectivity index (χ4n) is 1.77. The first-order chi connectivity index (χ1) is 9.60. The Morgan fingerprint density at radius 2 is 2.10 bits per heavy atom. The van der Waals surface area contributed by atoms with Crippen LogP contribution in [0.4, 0.5) is 0 Å². The number of nitrogens with one attached hydrogen (secondary N) is 1. The maximum atomic E-state index is 11.9. The van der Waals surface area contributed by atoms with Crippen LogP contribution in [0, 0.1) is 12.8 Å². The molecule has 1 unspecified atom stereocenters. The van der Waals surface area contributed by atoms with E-state index in [1.54, 1.807) is 23.0 Å². The highest BCUT2D eigenvalue weighted by Gasteiger charge is 2.07. The van der Waals surface area contributed by atoms with E-state index in [0.717, 1.165) is 11.3 Å². The van der Waals surface area contributed by atoms with Crippen LogP contribution < -0.4 is 11.1 Å². The van der Waals surface area contributed by atoms with Crippen molar-refractivity contribution in [1.82, 2.24) is 15.1 Å². The van der Waals surface area contributed by atoms with Gasteiger partial charge in [-0.2, -0.15) is 5.10 Å². The number of aryl methyl sites for hydroxylation is 1. The van der Waals surface area contributed by atoms with E-state index in [-0.39, 0.29) is 11.8 Å². The average Bonchev–Trinajstić information content (AvgIpc) is 2.91. The van der Waals surface area contributed by atoms with E-state index >= 15 is 0 Å². The first kappa shape index (κ1) is 14.3. The smallest absolute Gasteiger partial charge is 0.251 e. The Bertz CT molecular complexity index is 574. The standard InChI is InChI=1S/C15H20N4O/c1-11(7-16)8-17-15(20)13-3-5-14(6-4-13)19-10-12(2)9-18-19/h3-6,9-11H,7-8,16H2,1-2H3,(H,17,20). The molecule has 0 spiro atoms. The zero-order chi connectivity index (χ0) is 14.5. The second kappa shape index (κ2) is 6.34. The number of hydrogen-bond donors (Lipinski definition) is 2. The molecule has 0 saturated heterocycles. The minimum absolute atomic E-state index is 0.0755. The van der Waals surface area contributed by atoms with Gasteiger partial charge in [0.2, 0.25) is 0 Å². The number of carbonyl (C=O) groups is 1.